The first kappa shape index (κ1) is 13.4. The summed E-state index contributed by atoms with van der Waals surface area (Å²) in [5.74, 6) is 7.56. The summed E-state index contributed by atoms with van der Waals surface area (Å²) in [4.78, 5) is 0. The van der Waals surface area contributed by atoms with Crippen LogP contribution in [0.15, 0.2) is 41.0 Å². The summed E-state index contributed by atoms with van der Waals surface area (Å²) in [7, 11) is 0. The van der Waals surface area contributed by atoms with Gasteiger partial charge in [-0.25, -0.2) is 5.43 Å². The van der Waals surface area contributed by atoms with E-state index in [0.29, 0.717) is 5.92 Å². The molecule has 1 fully saturated rings. The molecule has 0 saturated heterocycles. The molecule has 1 aliphatic carbocycles. The molecule has 0 amide bonds. The average Bonchev–Trinajstić information content (AvgIpc) is 2.88. The van der Waals surface area contributed by atoms with Gasteiger partial charge in [-0.3, -0.25) is 5.84 Å². The van der Waals surface area contributed by atoms with Crippen molar-refractivity contribution in [2.75, 3.05) is 0 Å². The van der Waals surface area contributed by atoms with Crippen molar-refractivity contribution < 1.29 is 4.42 Å². The van der Waals surface area contributed by atoms with Gasteiger partial charge in [0.25, 0.3) is 0 Å². The van der Waals surface area contributed by atoms with Gasteiger partial charge in [0.1, 0.15) is 5.76 Å². The van der Waals surface area contributed by atoms with Crippen molar-refractivity contribution in [3.05, 3.63) is 59.0 Å². The molecule has 20 heavy (non-hydrogen) atoms. The van der Waals surface area contributed by atoms with Gasteiger partial charge in [0.15, 0.2) is 0 Å². The van der Waals surface area contributed by atoms with E-state index < -0.39 is 0 Å². The minimum Gasteiger partial charge on any atom is -0.469 e. The SMILES string of the molecule is CCc1occc1C(NN)c1ccccc1C1CCC1. The van der Waals surface area contributed by atoms with Crippen molar-refractivity contribution in [3.63, 3.8) is 0 Å². The monoisotopic (exact) mass is 270 g/mol. The van der Waals surface area contributed by atoms with Gasteiger partial charge in [-0.2, -0.15) is 0 Å². The van der Waals surface area contributed by atoms with Crippen LogP contribution in [-0.2, 0) is 6.42 Å². The Balaban J connectivity index is 2.01. The number of nitrogens with one attached hydrogen (secondary N) is 1. The first-order valence-electron chi connectivity index (χ1n) is 7.46. The molecular weight excluding hydrogens is 248 g/mol. The second-order valence-electron chi connectivity index (χ2n) is 5.51. The molecule has 1 unspecified atom stereocenters. The maximum Gasteiger partial charge on any atom is 0.108 e. The Morgan fingerprint density at radius 1 is 1.25 bits per heavy atom. The second kappa shape index (κ2) is 5.81. The Hall–Kier alpha value is -1.58. The molecular formula is C17H22N2O. The number of hydrogen-bond acceptors (Lipinski definition) is 3. The summed E-state index contributed by atoms with van der Waals surface area (Å²) in [6, 6.07) is 10.7. The number of hydrazine groups is 1. The number of aryl methyl sites for hydroxylation is 1. The zero-order chi connectivity index (χ0) is 13.9. The van der Waals surface area contributed by atoms with E-state index in [-0.39, 0.29) is 6.04 Å². The largest absolute Gasteiger partial charge is 0.469 e. The highest BCUT2D eigenvalue weighted by Crippen LogP contribution is 2.40. The van der Waals surface area contributed by atoms with Crippen molar-refractivity contribution in [2.24, 2.45) is 5.84 Å². The van der Waals surface area contributed by atoms with Gasteiger partial charge in [0, 0.05) is 12.0 Å². The molecule has 1 heterocycles. The van der Waals surface area contributed by atoms with Gasteiger partial charge in [-0.1, -0.05) is 37.6 Å². The topological polar surface area (TPSA) is 51.2 Å². The number of benzene rings is 1. The lowest BCUT2D eigenvalue weighted by atomic mass is 9.76. The summed E-state index contributed by atoms with van der Waals surface area (Å²) in [6.45, 7) is 2.10. The lowest BCUT2D eigenvalue weighted by molar-refractivity contribution is 0.414. The predicted octanol–water partition coefficient (Wildman–Crippen LogP) is 3.66. The van der Waals surface area contributed by atoms with Crippen molar-refractivity contribution in [1.29, 1.82) is 0 Å². The van der Waals surface area contributed by atoms with Crippen LogP contribution >= 0.6 is 0 Å². The fraction of sp³-hybridized carbons (Fsp3) is 0.412. The molecule has 0 aliphatic heterocycles. The van der Waals surface area contributed by atoms with Crippen LogP contribution in [0, 0.1) is 0 Å². The summed E-state index contributed by atoms with van der Waals surface area (Å²) >= 11 is 0. The van der Waals surface area contributed by atoms with Gasteiger partial charge in [0.2, 0.25) is 0 Å². The molecule has 2 aromatic rings. The Bertz CT molecular complexity index is 572. The van der Waals surface area contributed by atoms with E-state index in [4.69, 9.17) is 10.3 Å². The van der Waals surface area contributed by atoms with Crippen LogP contribution < -0.4 is 11.3 Å². The van der Waals surface area contributed by atoms with Crippen LogP contribution in [0.3, 0.4) is 0 Å². The molecule has 3 N–H and O–H groups in total. The van der Waals surface area contributed by atoms with Crippen LogP contribution in [-0.4, -0.2) is 0 Å². The maximum absolute atomic E-state index is 5.86. The highest BCUT2D eigenvalue weighted by atomic mass is 16.3. The number of nitrogens with two attached hydrogens (primary N) is 1. The van der Waals surface area contributed by atoms with E-state index in [2.05, 4.69) is 36.6 Å². The van der Waals surface area contributed by atoms with Crippen LogP contribution in [0.1, 0.15) is 60.6 Å². The molecule has 3 nitrogen and oxygen atoms in total. The van der Waals surface area contributed by atoms with Gasteiger partial charge < -0.3 is 4.42 Å². The van der Waals surface area contributed by atoms with Gasteiger partial charge in [0.05, 0.1) is 12.3 Å². The average molecular weight is 270 g/mol. The summed E-state index contributed by atoms with van der Waals surface area (Å²) in [5.41, 5.74) is 6.86. The van der Waals surface area contributed by atoms with Crippen LogP contribution in [0.25, 0.3) is 0 Å². The van der Waals surface area contributed by atoms with Crippen molar-refractivity contribution in [2.45, 2.75) is 44.6 Å². The molecule has 3 rings (SSSR count). The predicted molar refractivity (Wildman–Crippen MR) is 80.3 cm³/mol. The fourth-order valence-corrected chi connectivity index (χ4v) is 3.11. The first-order valence-corrected chi connectivity index (χ1v) is 7.46. The number of furan rings is 1. The van der Waals surface area contributed by atoms with Gasteiger partial charge in [-0.15, -0.1) is 0 Å². The fourth-order valence-electron chi connectivity index (χ4n) is 3.11. The number of hydrogen-bond donors (Lipinski definition) is 2. The van der Waals surface area contributed by atoms with Crippen molar-refractivity contribution in [1.82, 2.24) is 5.43 Å². The molecule has 1 aliphatic rings. The molecule has 3 heteroatoms. The highest BCUT2D eigenvalue weighted by Gasteiger charge is 2.26. The second-order valence-corrected chi connectivity index (χ2v) is 5.51. The van der Waals surface area contributed by atoms with E-state index in [9.17, 15) is 0 Å². The molecule has 1 aromatic heterocycles. The quantitative estimate of drug-likeness (QED) is 0.644. The Kier molecular flexibility index (Phi) is 3.90. The van der Waals surface area contributed by atoms with Crippen LogP contribution in [0.4, 0.5) is 0 Å². The number of rotatable bonds is 5. The maximum atomic E-state index is 5.86. The van der Waals surface area contributed by atoms with E-state index in [0.717, 1.165) is 17.7 Å². The zero-order valence-corrected chi connectivity index (χ0v) is 11.9. The smallest absolute Gasteiger partial charge is 0.108 e. The summed E-state index contributed by atoms with van der Waals surface area (Å²) in [6.07, 6.45) is 6.56. The van der Waals surface area contributed by atoms with Crippen LogP contribution in [0.5, 0.6) is 0 Å². The van der Waals surface area contributed by atoms with Gasteiger partial charge >= 0.3 is 0 Å². The molecule has 106 valence electrons. The molecule has 1 atom stereocenters. The Morgan fingerprint density at radius 3 is 2.70 bits per heavy atom. The van der Waals surface area contributed by atoms with Crippen molar-refractivity contribution >= 4 is 0 Å². The minimum atomic E-state index is 0.0144. The Morgan fingerprint density at radius 2 is 2.05 bits per heavy atom. The first-order chi connectivity index (χ1) is 9.85. The third-order valence-electron chi connectivity index (χ3n) is 4.43. The van der Waals surface area contributed by atoms with E-state index in [1.807, 2.05) is 6.07 Å². The van der Waals surface area contributed by atoms with E-state index in [1.165, 1.54) is 30.4 Å². The third-order valence-corrected chi connectivity index (χ3v) is 4.43. The molecule has 1 aromatic carbocycles. The van der Waals surface area contributed by atoms with E-state index >= 15 is 0 Å². The third kappa shape index (κ3) is 2.28. The normalized spacial score (nSPS) is 16.9. The Labute approximate surface area is 120 Å². The summed E-state index contributed by atoms with van der Waals surface area (Å²) < 4.78 is 5.56. The summed E-state index contributed by atoms with van der Waals surface area (Å²) in [5, 5.41) is 0. The molecule has 0 spiro atoms. The lowest BCUT2D eigenvalue weighted by Gasteiger charge is -2.30. The minimum absolute atomic E-state index is 0.0144. The standard InChI is InChI=1S/C17H22N2O/c1-2-16-15(10-11-20-16)17(19-18)14-9-4-3-8-13(14)12-6-5-7-12/h3-4,8-12,17,19H,2,5-7,18H2,1H3. The molecule has 0 radical (unpaired) electrons. The van der Waals surface area contributed by atoms with E-state index in [1.54, 1.807) is 6.26 Å². The molecule has 1 saturated carbocycles. The van der Waals surface area contributed by atoms with Crippen LogP contribution in [0.2, 0.25) is 0 Å². The zero-order valence-electron chi connectivity index (χ0n) is 11.9. The van der Waals surface area contributed by atoms with Gasteiger partial charge in [-0.05, 0) is 36.0 Å². The lowest BCUT2D eigenvalue weighted by Crippen LogP contribution is -2.30. The molecule has 0 bridgehead atoms. The van der Waals surface area contributed by atoms with Crippen molar-refractivity contribution in [3.8, 4) is 0 Å². The highest BCUT2D eigenvalue weighted by molar-refractivity contribution is 5.40.